The van der Waals surface area contributed by atoms with Crippen LogP contribution in [0.5, 0.6) is 0 Å². The van der Waals surface area contributed by atoms with Crippen LogP contribution in [0.1, 0.15) is 44.6 Å². The molecule has 0 saturated carbocycles. The van der Waals surface area contributed by atoms with Crippen LogP contribution in [0.2, 0.25) is 5.02 Å². The van der Waals surface area contributed by atoms with E-state index in [2.05, 4.69) is 5.32 Å². The molecule has 1 aromatic carbocycles. The number of nitrogens with one attached hydrogen (secondary N) is 1. The van der Waals surface area contributed by atoms with E-state index in [4.69, 9.17) is 11.6 Å². The molecule has 144 valence electrons. The number of benzene rings is 1. The molecule has 0 aromatic heterocycles. The highest BCUT2D eigenvalue weighted by molar-refractivity contribution is 8.01. The van der Waals surface area contributed by atoms with Crippen LogP contribution >= 0.6 is 23.4 Å². The summed E-state index contributed by atoms with van der Waals surface area (Å²) in [5.74, 6) is 0.164. The Morgan fingerprint density at radius 1 is 1.38 bits per heavy atom. The third kappa shape index (κ3) is 5.07. The number of thioether (sulfide) groups is 1. The number of halogens is 1. The van der Waals surface area contributed by atoms with Crippen molar-refractivity contribution in [2.75, 3.05) is 20.1 Å². The van der Waals surface area contributed by atoms with Crippen molar-refractivity contribution < 1.29 is 9.59 Å². The molecule has 0 bridgehead atoms. The molecular formula is C19H28ClN3O2S. The Bertz CT molecular complexity index is 641. The van der Waals surface area contributed by atoms with Crippen molar-refractivity contribution in [1.82, 2.24) is 15.1 Å². The number of nitrogens with zero attached hydrogens (tertiary/aromatic N) is 2. The summed E-state index contributed by atoms with van der Waals surface area (Å²) < 4.78 is 0. The van der Waals surface area contributed by atoms with Crippen LogP contribution in [0.3, 0.4) is 0 Å². The number of amides is 3. The lowest BCUT2D eigenvalue weighted by Crippen LogP contribution is -2.42. The fraction of sp³-hybridized carbons (Fsp3) is 0.579. The summed E-state index contributed by atoms with van der Waals surface area (Å²) in [4.78, 5) is 28.3. The third-order valence-corrected chi connectivity index (χ3v) is 6.30. The second-order valence-corrected chi connectivity index (χ2v) is 8.51. The second-order valence-electron chi connectivity index (χ2n) is 6.82. The van der Waals surface area contributed by atoms with Gasteiger partial charge in [0.15, 0.2) is 0 Å². The van der Waals surface area contributed by atoms with E-state index in [1.807, 2.05) is 49.9 Å². The van der Waals surface area contributed by atoms with E-state index in [0.717, 1.165) is 18.4 Å². The average Bonchev–Trinajstić information content (AvgIpc) is 2.90. The molecule has 1 N–H and O–H groups in total. The van der Waals surface area contributed by atoms with Gasteiger partial charge in [-0.2, -0.15) is 0 Å². The molecule has 0 aliphatic carbocycles. The second kappa shape index (κ2) is 9.51. The van der Waals surface area contributed by atoms with Crippen LogP contribution in [0.15, 0.2) is 24.3 Å². The zero-order valence-electron chi connectivity index (χ0n) is 15.9. The molecule has 1 aliphatic heterocycles. The van der Waals surface area contributed by atoms with Crippen molar-refractivity contribution in [3.8, 4) is 0 Å². The van der Waals surface area contributed by atoms with Gasteiger partial charge in [-0.05, 0) is 32.8 Å². The number of urea groups is 1. The largest absolute Gasteiger partial charge is 0.336 e. The summed E-state index contributed by atoms with van der Waals surface area (Å²) in [6.45, 7) is 7.11. The summed E-state index contributed by atoms with van der Waals surface area (Å²) in [5.41, 5.74) is 0.981. The third-order valence-electron chi connectivity index (χ3n) is 4.33. The van der Waals surface area contributed by atoms with Gasteiger partial charge in [0.25, 0.3) is 0 Å². The van der Waals surface area contributed by atoms with Crippen molar-refractivity contribution in [2.45, 2.75) is 50.3 Å². The standard InChI is InChI=1S/C19H28ClN3O2S/c1-5-16-17(24)23(12-8-11-22(4)19(25)21-13(2)3)18(26-16)14-9-6-7-10-15(14)20/h6-7,9-10,13,16,18H,5,8,11-12H2,1-4H3,(H,21,25)/t16-,18+/m1/s1. The van der Waals surface area contributed by atoms with Crippen LogP contribution in [-0.4, -0.2) is 53.2 Å². The Labute approximate surface area is 165 Å². The first-order valence-electron chi connectivity index (χ1n) is 9.07. The zero-order valence-corrected chi connectivity index (χ0v) is 17.4. The molecule has 1 aliphatic rings. The van der Waals surface area contributed by atoms with E-state index in [1.165, 1.54) is 0 Å². The Kier molecular flexibility index (Phi) is 7.65. The number of hydrogen-bond acceptors (Lipinski definition) is 3. The Morgan fingerprint density at radius 2 is 2.08 bits per heavy atom. The van der Waals surface area contributed by atoms with Crippen LogP contribution < -0.4 is 5.32 Å². The van der Waals surface area contributed by atoms with E-state index in [-0.39, 0.29) is 28.6 Å². The summed E-state index contributed by atoms with van der Waals surface area (Å²) >= 11 is 8.04. The maximum absolute atomic E-state index is 12.8. The minimum atomic E-state index is -0.0868. The first-order valence-corrected chi connectivity index (χ1v) is 10.4. The minimum Gasteiger partial charge on any atom is -0.336 e. The van der Waals surface area contributed by atoms with Crippen molar-refractivity contribution in [3.05, 3.63) is 34.9 Å². The van der Waals surface area contributed by atoms with Crippen LogP contribution in [-0.2, 0) is 4.79 Å². The predicted octanol–water partition coefficient (Wildman–Crippen LogP) is 4.13. The Hall–Kier alpha value is -1.40. The van der Waals surface area contributed by atoms with Gasteiger partial charge in [0.05, 0.1) is 5.25 Å². The molecule has 0 radical (unpaired) electrons. The molecule has 0 spiro atoms. The fourth-order valence-electron chi connectivity index (χ4n) is 2.94. The van der Waals surface area contributed by atoms with Crippen molar-refractivity contribution >= 4 is 35.3 Å². The summed E-state index contributed by atoms with van der Waals surface area (Å²) in [7, 11) is 1.78. The van der Waals surface area contributed by atoms with E-state index >= 15 is 0 Å². The monoisotopic (exact) mass is 397 g/mol. The maximum Gasteiger partial charge on any atom is 0.317 e. The van der Waals surface area contributed by atoms with Gasteiger partial charge in [0, 0.05) is 36.8 Å². The number of carbonyl (C=O) groups excluding carboxylic acids is 2. The van der Waals surface area contributed by atoms with Crippen LogP contribution in [0, 0.1) is 0 Å². The lowest BCUT2D eigenvalue weighted by molar-refractivity contribution is -0.130. The first kappa shape index (κ1) is 20.9. The lowest BCUT2D eigenvalue weighted by Gasteiger charge is -2.26. The molecule has 3 amide bonds. The van der Waals surface area contributed by atoms with E-state index in [0.29, 0.717) is 18.1 Å². The Morgan fingerprint density at radius 3 is 2.69 bits per heavy atom. The van der Waals surface area contributed by atoms with E-state index in [9.17, 15) is 9.59 Å². The van der Waals surface area contributed by atoms with Crippen LogP contribution in [0.4, 0.5) is 4.79 Å². The molecule has 2 rings (SSSR count). The molecule has 5 nitrogen and oxygen atoms in total. The summed E-state index contributed by atoms with van der Waals surface area (Å²) in [5, 5.41) is 3.47. The van der Waals surface area contributed by atoms with Gasteiger partial charge >= 0.3 is 6.03 Å². The topological polar surface area (TPSA) is 52.6 Å². The van der Waals surface area contributed by atoms with Gasteiger partial charge in [0.1, 0.15) is 5.37 Å². The van der Waals surface area contributed by atoms with Crippen LogP contribution in [0.25, 0.3) is 0 Å². The maximum atomic E-state index is 12.8. The molecule has 26 heavy (non-hydrogen) atoms. The number of rotatable bonds is 7. The number of hydrogen-bond donors (Lipinski definition) is 1. The van der Waals surface area contributed by atoms with E-state index in [1.54, 1.807) is 23.7 Å². The quantitative estimate of drug-likeness (QED) is 0.752. The molecule has 0 unspecified atom stereocenters. The molecule has 1 heterocycles. The molecule has 1 fully saturated rings. The van der Waals surface area contributed by atoms with Crippen molar-refractivity contribution in [1.29, 1.82) is 0 Å². The highest BCUT2D eigenvalue weighted by Gasteiger charge is 2.40. The van der Waals surface area contributed by atoms with Gasteiger partial charge in [-0.1, -0.05) is 36.7 Å². The van der Waals surface area contributed by atoms with Crippen molar-refractivity contribution in [2.24, 2.45) is 0 Å². The van der Waals surface area contributed by atoms with Gasteiger partial charge in [-0.15, -0.1) is 11.8 Å². The molecule has 1 saturated heterocycles. The van der Waals surface area contributed by atoms with Crippen molar-refractivity contribution in [3.63, 3.8) is 0 Å². The lowest BCUT2D eigenvalue weighted by atomic mass is 10.2. The SMILES string of the molecule is CC[C@H]1S[C@@H](c2ccccc2Cl)N(CCCN(C)C(=O)NC(C)C)C1=O. The van der Waals surface area contributed by atoms with E-state index < -0.39 is 0 Å². The first-order chi connectivity index (χ1) is 12.3. The average molecular weight is 398 g/mol. The summed E-state index contributed by atoms with van der Waals surface area (Å²) in [6, 6.07) is 7.72. The normalized spacial score (nSPS) is 19.9. The highest BCUT2D eigenvalue weighted by Crippen LogP contribution is 2.46. The highest BCUT2D eigenvalue weighted by atomic mass is 35.5. The van der Waals surface area contributed by atoms with Gasteiger partial charge in [-0.3, -0.25) is 4.79 Å². The molecule has 2 atom stereocenters. The van der Waals surface area contributed by atoms with Gasteiger partial charge < -0.3 is 15.1 Å². The molecule has 1 aromatic rings. The zero-order chi connectivity index (χ0) is 19.3. The minimum absolute atomic E-state index is 0.0294. The van der Waals surface area contributed by atoms with Gasteiger partial charge in [-0.25, -0.2) is 4.79 Å². The molecular weight excluding hydrogens is 370 g/mol. The molecule has 7 heteroatoms. The Balaban J connectivity index is 2.01. The fourth-order valence-corrected chi connectivity index (χ4v) is 4.71. The summed E-state index contributed by atoms with van der Waals surface area (Å²) in [6.07, 6.45) is 1.53. The van der Waals surface area contributed by atoms with Gasteiger partial charge in [0.2, 0.25) is 5.91 Å². The smallest absolute Gasteiger partial charge is 0.317 e. The predicted molar refractivity (Wildman–Crippen MR) is 108 cm³/mol. The number of carbonyl (C=O) groups is 2.